The number of amides is 2. The van der Waals surface area contributed by atoms with E-state index in [4.69, 9.17) is 20.7 Å². The van der Waals surface area contributed by atoms with E-state index in [0.29, 0.717) is 0 Å². The summed E-state index contributed by atoms with van der Waals surface area (Å²) >= 11 is 0. The maximum atomic E-state index is 13.5. The van der Waals surface area contributed by atoms with Crippen molar-refractivity contribution in [1.82, 2.24) is 5.43 Å². The summed E-state index contributed by atoms with van der Waals surface area (Å²) in [5.41, 5.74) is 6.94. The summed E-state index contributed by atoms with van der Waals surface area (Å²) in [5, 5.41) is 0. The van der Waals surface area contributed by atoms with Gasteiger partial charge < -0.3 is 14.9 Å². The van der Waals surface area contributed by atoms with E-state index < -0.39 is 17.6 Å². The van der Waals surface area contributed by atoms with Crippen molar-refractivity contribution in [3.63, 3.8) is 0 Å². The van der Waals surface area contributed by atoms with Crippen LogP contribution in [-0.4, -0.2) is 11.8 Å². The predicted octanol–water partition coefficient (Wildman–Crippen LogP) is 0.700. The van der Waals surface area contributed by atoms with Crippen LogP contribution in [-0.2, 0) is 6.61 Å². The van der Waals surface area contributed by atoms with Gasteiger partial charge in [0.25, 0.3) is 11.8 Å². The molecule has 0 fully saturated rings. The van der Waals surface area contributed by atoms with Crippen molar-refractivity contribution in [2.75, 3.05) is 0 Å². The van der Waals surface area contributed by atoms with E-state index in [1.54, 1.807) is 0 Å². The Morgan fingerprint density at radius 3 is 2.67 bits per heavy atom. The minimum Gasteiger partial charge on any atom is -0.486 e. The van der Waals surface area contributed by atoms with Gasteiger partial charge in [0, 0.05) is 6.07 Å². The lowest BCUT2D eigenvalue weighted by molar-refractivity contribution is 0.0947. The number of furan rings is 1. The highest BCUT2D eigenvalue weighted by atomic mass is 19.1. The second kappa shape index (κ2) is 6.06. The van der Waals surface area contributed by atoms with E-state index in [2.05, 4.69) is 0 Å². The zero-order valence-electron chi connectivity index (χ0n) is 10.8. The number of nitrogens with one attached hydrogen (secondary N) is 1. The topological polar surface area (TPSA) is 121 Å². The molecule has 5 N–H and O–H groups in total. The molecule has 0 saturated heterocycles. The molecule has 2 amide bonds. The SMILES string of the molecule is NNC(=O)c1ccoc1COc1ccc(C(N)=O)c(F)c1. The Morgan fingerprint density at radius 1 is 1.29 bits per heavy atom. The number of rotatable bonds is 5. The second-order valence-electron chi connectivity index (χ2n) is 4.03. The number of halogens is 1. The van der Waals surface area contributed by atoms with E-state index in [-0.39, 0.29) is 29.2 Å². The fourth-order valence-electron chi connectivity index (χ4n) is 1.67. The van der Waals surface area contributed by atoms with Crippen molar-refractivity contribution < 1.29 is 23.1 Å². The number of benzene rings is 1. The first-order valence-electron chi connectivity index (χ1n) is 5.82. The molecular weight excluding hydrogens is 281 g/mol. The van der Waals surface area contributed by atoms with Crippen molar-refractivity contribution in [1.29, 1.82) is 0 Å². The van der Waals surface area contributed by atoms with Gasteiger partial charge in [-0.05, 0) is 18.2 Å². The molecule has 2 rings (SSSR count). The zero-order chi connectivity index (χ0) is 15.4. The van der Waals surface area contributed by atoms with Crippen LogP contribution in [0.1, 0.15) is 26.5 Å². The van der Waals surface area contributed by atoms with Crippen LogP contribution in [0.2, 0.25) is 0 Å². The Hall–Kier alpha value is -2.87. The molecule has 0 saturated carbocycles. The van der Waals surface area contributed by atoms with Gasteiger partial charge in [-0.25, -0.2) is 10.2 Å². The fourth-order valence-corrected chi connectivity index (χ4v) is 1.67. The van der Waals surface area contributed by atoms with Crippen molar-refractivity contribution in [2.45, 2.75) is 6.61 Å². The van der Waals surface area contributed by atoms with Crippen molar-refractivity contribution in [2.24, 2.45) is 11.6 Å². The molecule has 0 spiro atoms. The number of ether oxygens (including phenoxy) is 1. The molecule has 0 aliphatic carbocycles. The van der Waals surface area contributed by atoms with Crippen LogP contribution >= 0.6 is 0 Å². The number of hydrogen-bond acceptors (Lipinski definition) is 5. The lowest BCUT2D eigenvalue weighted by atomic mass is 10.2. The van der Waals surface area contributed by atoms with Crippen LogP contribution in [0, 0.1) is 5.82 Å². The smallest absolute Gasteiger partial charge is 0.268 e. The second-order valence-corrected chi connectivity index (χ2v) is 4.03. The summed E-state index contributed by atoms with van der Waals surface area (Å²) in [5.74, 6) is 3.23. The molecule has 0 unspecified atom stereocenters. The molecule has 0 aliphatic heterocycles. The van der Waals surface area contributed by atoms with Gasteiger partial charge in [0.15, 0.2) is 5.76 Å². The van der Waals surface area contributed by atoms with Crippen LogP contribution in [0.25, 0.3) is 0 Å². The van der Waals surface area contributed by atoms with Gasteiger partial charge in [0.2, 0.25) is 0 Å². The standard InChI is InChI=1S/C13H12FN3O4/c14-10-5-7(1-2-8(10)12(15)18)21-6-11-9(3-4-20-11)13(19)17-16/h1-5H,6,16H2,(H2,15,18)(H,17,19). The molecule has 7 nitrogen and oxygen atoms in total. The summed E-state index contributed by atoms with van der Waals surface area (Å²) in [6.45, 7) is -0.106. The normalized spacial score (nSPS) is 10.2. The number of primary amides is 1. The first-order chi connectivity index (χ1) is 10.0. The highest BCUT2D eigenvalue weighted by Crippen LogP contribution is 2.19. The third kappa shape index (κ3) is 3.18. The molecule has 0 atom stereocenters. The van der Waals surface area contributed by atoms with Gasteiger partial charge in [-0.3, -0.25) is 15.0 Å². The minimum atomic E-state index is -0.869. The third-order valence-corrected chi connectivity index (χ3v) is 2.70. The zero-order valence-corrected chi connectivity index (χ0v) is 10.8. The number of nitrogen functional groups attached to an aromatic ring is 1. The van der Waals surface area contributed by atoms with Crippen molar-refractivity contribution >= 4 is 11.8 Å². The number of nitrogens with two attached hydrogens (primary N) is 2. The molecule has 0 aliphatic rings. The average molecular weight is 293 g/mol. The molecule has 110 valence electrons. The third-order valence-electron chi connectivity index (χ3n) is 2.70. The molecule has 2 aromatic rings. The Bertz CT molecular complexity index is 684. The first kappa shape index (κ1) is 14.5. The summed E-state index contributed by atoms with van der Waals surface area (Å²) in [6.07, 6.45) is 1.31. The van der Waals surface area contributed by atoms with Crippen LogP contribution in [0.15, 0.2) is 34.9 Å². The molecule has 1 aromatic heterocycles. The fraction of sp³-hybridized carbons (Fsp3) is 0.0769. The quantitative estimate of drug-likeness (QED) is 0.425. The summed E-state index contributed by atoms with van der Waals surface area (Å²) < 4.78 is 23.9. The Kier molecular flexibility index (Phi) is 4.19. The van der Waals surface area contributed by atoms with Crippen LogP contribution in [0.3, 0.4) is 0 Å². The van der Waals surface area contributed by atoms with Crippen molar-refractivity contribution in [3.8, 4) is 5.75 Å². The number of hydrogen-bond donors (Lipinski definition) is 3. The Balaban J connectivity index is 2.10. The van der Waals surface area contributed by atoms with E-state index in [1.165, 1.54) is 24.5 Å². The highest BCUT2D eigenvalue weighted by Gasteiger charge is 2.15. The maximum Gasteiger partial charge on any atom is 0.268 e. The summed E-state index contributed by atoms with van der Waals surface area (Å²) in [4.78, 5) is 22.3. The number of hydrazine groups is 1. The molecule has 1 aromatic carbocycles. The van der Waals surface area contributed by atoms with Crippen molar-refractivity contribution in [3.05, 3.63) is 53.2 Å². The van der Waals surface area contributed by atoms with Gasteiger partial charge in [-0.1, -0.05) is 0 Å². The maximum absolute atomic E-state index is 13.5. The molecular formula is C13H12FN3O4. The lowest BCUT2D eigenvalue weighted by Crippen LogP contribution is -2.30. The van der Waals surface area contributed by atoms with E-state index in [9.17, 15) is 14.0 Å². The molecule has 8 heteroatoms. The largest absolute Gasteiger partial charge is 0.486 e. The minimum absolute atomic E-state index is 0.106. The van der Waals surface area contributed by atoms with Gasteiger partial charge in [0.1, 0.15) is 18.2 Å². The molecule has 0 radical (unpaired) electrons. The van der Waals surface area contributed by atoms with Gasteiger partial charge >= 0.3 is 0 Å². The summed E-state index contributed by atoms with van der Waals surface area (Å²) in [7, 11) is 0. The monoisotopic (exact) mass is 293 g/mol. The van der Waals surface area contributed by atoms with Gasteiger partial charge in [0.05, 0.1) is 17.4 Å². The molecule has 0 bridgehead atoms. The first-order valence-corrected chi connectivity index (χ1v) is 5.82. The Morgan fingerprint density at radius 2 is 2.05 bits per heavy atom. The Labute approximate surface area is 118 Å². The van der Waals surface area contributed by atoms with Gasteiger partial charge in [-0.2, -0.15) is 0 Å². The van der Waals surface area contributed by atoms with E-state index >= 15 is 0 Å². The number of carbonyl (C=O) groups is 2. The van der Waals surface area contributed by atoms with E-state index in [0.717, 1.165) is 6.07 Å². The highest BCUT2D eigenvalue weighted by molar-refractivity contribution is 5.94. The average Bonchev–Trinajstić information content (AvgIpc) is 2.92. The van der Waals surface area contributed by atoms with Crippen LogP contribution in [0.5, 0.6) is 5.75 Å². The van der Waals surface area contributed by atoms with Gasteiger partial charge in [-0.15, -0.1) is 0 Å². The summed E-state index contributed by atoms with van der Waals surface area (Å²) in [6, 6.07) is 5.04. The predicted molar refractivity (Wildman–Crippen MR) is 69.6 cm³/mol. The number of carbonyl (C=O) groups excluding carboxylic acids is 2. The lowest BCUT2D eigenvalue weighted by Gasteiger charge is -2.07. The molecule has 21 heavy (non-hydrogen) atoms. The van der Waals surface area contributed by atoms with Crippen LogP contribution < -0.4 is 21.7 Å². The van der Waals surface area contributed by atoms with Crippen LogP contribution in [0.4, 0.5) is 4.39 Å². The van der Waals surface area contributed by atoms with E-state index in [1.807, 2.05) is 5.43 Å². The molecule has 1 heterocycles.